The van der Waals surface area contributed by atoms with Crippen molar-refractivity contribution in [3.63, 3.8) is 0 Å². The summed E-state index contributed by atoms with van der Waals surface area (Å²) < 4.78 is 2.47. The molecule has 0 unspecified atom stereocenters. The van der Waals surface area contributed by atoms with Crippen LogP contribution >= 0.6 is 0 Å². The van der Waals surface area contributed by atoms with E-state index in [-0.39, 0.29) is 0 Å². The van der Waals surface area contributed by atoms with E-state index in [9.17, 15) is 0 Å². The maximum Gasteiger partial charge on any atom is 0.0619 e. The zero-order valence-corrected chi connectivity index (χ0v) is 29.7. The third-order valence-electron chi connectivity index (χ3n) is 10.5. The van der Waals surface area contributed by atoms with Crippen molar-refractivity contribution in [2.24, 2.45) is 0 Å². The van der Waals surface area contributed by atoms with Gasteiger partial charge in [-0.05, 0) is 111 Å². The second-order valence-electron chi connectivity index (χ2n) is 13.8. The van der Waals surface area contributed by atoms with Gasteiger partial charge in [0.2, 0.25) is 0 Å². The molecule has 0 aliphatic carbocycles. The highest BCUT2D eigenvalue weighted by Crippen LogP contribution is 2.45. The van der Waals surface area contributed by atoms with Gasteiger partial charge in [0.1, 0.15) is 0 Å². The van der Waals surface area contributed by atoms with Crippen molar-refractivity contribution >= 4 is 49.5 Å². The Balaban J connectivity index is 1.19. The average molecular weight is 689 g/mol. The molecule has 0 amide bonds. The quantitative estimate of drug-likeness (QED) is 0.162. The van der Waals surface area contributed by atoms with Gasteiger partial charge >= 0.3 is 0 Å². The van der Waals surface area contributed by atoms with Gasteiger partial charge in [-0.1, -0.05) is 152 Å². The van der Waals surface area contributed by atoms with Crippen molar-refractivity contribution in [3.05, 3.63) is 218 Å². The molecular formula is C52H36N2. The van der Waals surface area contributed by atoms with E-state index in [0.717, 1.165) is 22.7 Å². The molecule has 0 radical (unpaired) electrons. The maximum atomic E-state index is 2.47. The average Bonchev–Trinajstić information content (AvgIpc) is 3.59. The summed E-state index contributed by atoms with van der Waals surface area (Å²) in [5.41, 5.74) is 12.8. The molecule has 1 aromatic heterocycles. The summed E-state index contributed by atoms with van der Waals surface area (Å²) in [6.07, 6.45) is 0. The van der Waals surface area contributed by atoms with Crippen molar-refractivity contribution in [2.75, 3.05) is 4.90 Å². The van der Waals surface area contributed by atoms with Crippen LogP contribution in [-0.4, -0.2) is 4.57 Å². The first-order valence-electron chi connectivity index (χ1n) is 18.5. The molecule has 9 aromatic carbocycles. The van der Waals surface area contributed by atoms with Crippen LogP contribution in [0.1, 0.15) is 0 Å². The monoisotopic (exact) mass is 688 g/mol. The Morgan fingerprint density at radius 3 is 1.39 bits per heavy atom. The summed E-state index contributed by atoms with van der Waals surface area (Å²) in [4.78, 5) is 2.30. The number of aromatic nitrogens is 1. The molecular weight excluding hydrogens is 653 g/mol. The summed E-state index contributed by atoms with van der Waals surface area (Å²) in [6.45, 7) is 0. The minimum Gasteiger partial charge on any atom is -0.311 e. The summed E-state index contributed by atoms with van der Waals surface area (Å²) >= 11 is 0. The van der Waals surface area contributed by atoms with Crippen molar-refractivity contribution < 1.29 is 0 Å². The third-order valence-corrected chi connectivity index (χ3v) is 10.5. The van der Waals surface area contributed by atoms with Crippen LogP contribution in [0.15, 0.2) is 218 Å². The normalized spacial score (nSPS) is 11.3. The van der Waals surface area contributed by atoms with Crippen LogP contribution in [0.3, 0.4) is 0 Å². The predicted octanol–water partition coefficient (Wildman–Crippen LogP) is 14.4. The summed E-state index contributed by atoms with van der Waals surface area (Å²) in [5.74, 6) is 0. The summed E-state index contributed by atoms with van der Waals surface area (Å²) in [6, 6.07) is 78.9. The van der Waals surface area contributed by atoms with E-state index in [4.69, 9.17) is 0 Å². The van der Waals surface area contributed by atoms with E-state index < -0.39 is 0 Å². The number of hydrogen-bond donors (Lipinski definition) is 0. The Kier molecular flexibility index (Phi) is 7.85. The van der Waals surface area contributed by atoms with E-state index in [1.54, 1.807) is 0 Å². The smallest absolute Gasteiger partial charge is 0.0619 e. The molecule has 254 valence electrons. The SMILES string of the molecule is c1ccc(N(c2ccccc2)c2ccc(-c3ccc4c(-c5ccc6ccccc6c5)c(-c5ccc6ccccc6c5)n(-c5ccccc5)c4c3)cc2)cc1. The van der Waals surface area contributed by atoms with Gasteiger partial charge in [0.15, 0.2) is 0 Å². The zero-order valence-electron chi connectivity index (χ0n) is 29.7. The second kappa shape index (κ2) is 13.4. The van der Waals surface area contributed by atoms with Crippen molar-refractivity contribution in [2.45, 2.75) is 0 Å². The fraction of sp³-hybridized carbons (Fsp3) is 0. The molecule has 0 bridgehead atoms. The first-order valence-corrected chi connectivity index (χ1v) is 18.5. The predicted molar refractivity (Wildman–Crippen MR) is 229 cm³/mol. The van der Waals surface area contributed by atoms with Crippen LogP contribution in [0, 0.1) is 0 Å². The highest BCUT2D eigenvalue weighted by atomic mass is 15.1. The largest absolute Gasteiger partial charge is 0.311 e. The van der Waals surface area contributed by atoms with E-state index in [1.165, 1.54) is 66.0 Å². The Bertz CT molecular complexity index is 2870. The number of benzene rings is 9. The molecule has 10 aromatic rings. The number of fused-ring (bicyclic) bond motifs is 3. The number of rotatable bonds is 7. The molecule has 1 heterocycles. The molecule has 10 rings (SSSR count). The van der Waals surface area contributed by atoms with Crippen LogP contribution in [0.2, 0.25) is 0 Å². The van der Waals surface area contributed by atoms with Crippen LogP contribution < -0.4 is 4.90 Å². The van der Waals surface area contributed by atoms with Crippen LogP contribution in [0.25, 0.3) is 71.6 Å². The molecule has 0 aliphatic heterocycles. The second-order valence-corrected chi connectivity index (χ2v) is 13.8. The van der Waals surface area contributed by atoms with E-state index in [1.807, 2.05) is 0 Å². The molecule has 2 nitrogen and oxygen atoms in total. The molecule has 0 N–H and O–H groups in total. The van der Waals surface area contributed by atoms with Crippen molar-refractivity contribution in [1.29, 1.82) is 0 Å². The number of para-hydroxylation sites is 3. The van der Waals surface area contributed by atoms with Crippen LogP contribution in [-0.2, 0) is 0 Å². The molecule has 0 spiro atoms. The lowest BCUT2D eigenvalue weighted by molar-refractivity contribution is 1.14. The highest BCUT2D eigenvalue weighted by Gasteiger charge is 2.23. The van der Waals surface area contributed by atoms with Gasteiger partial charge in [-0.2, -0.15) is 0 Å². The molecule has 0 atom stereocenters. The summed E-state index contributed by atoms with van der Waals surface area (Å²) in [5, 5.41) is 6.16. The van der Waals surface area contributed by atoms with E-state index >= 15 is 0 Å². The van der Waals surface area contributed by atoms with Gasteiger partial charge in [-0.15, -0.1) is 0 Å². The van der Waals surface area contributed by atoms with Gasteiger partial charge in [0, 0.05) is 33.7 Å². The van der Waals surface area contributed by atoms with E-state index in [2.05, 4.69) is 228 Å². The lowest BCUT2D eigenvalue weighted by Crippen LogP contribution is -2.09. The zero-order chi connectivity index (χ0) is 35.8. The topological polar surface area (TPSA) is 8.17 Å². The van der Waals surface area contributed by atoms with E-state index in [0.29, 0.717) is 0 Å². The standard InChI is InChI=1S/C52H36N2/c1-4-18-45(19-5-1)53(46-20-6-2-7-21-46)48-31-28-39(29-32-48)42-30-33-49-50(36-42)54(47-22-8-3-9-23-47)52(44-27-25-38-15-11-13-17-41(38)35-44)51(49)43-26-24-37-14-10-12-16-40(37)34-43/h1-36H. The minimum absolute atomic E-state index is 1.11. The summed E-state index contributed by atoms with van der Waals surface area (Å²) in [7, 11) is 0. The third kappa shape index (κ3) is 5.62. The lowest BCUT2D eigenvalue weighted by Gasteiger charge is -2.25. The molecule has 0 fully saturated rings. The van der Waals surface area contributed by atoms with Crippen molar-refractivity contribution in [3.8, 4) is 39.2 Å². The molecule has 0 aliphatic rings. The fourth-order valence-electron chi connectivity index (χ4n) is 7.96. The highest BCUT2D eigenvalue weighted by molar-refractivity contribution is 6.09. The minimum atomic E-state index is 1.11. The Hall–Kier alpha value is -7.16. The van der Waals surface area contributed by atoms with Gasteiger partial charge < -0.3 is 9.47 Å². The number of hydrogen-bond acceptors (Lipinski definition) is 1. The van der Waals surface area contributed by atoms with Crippen LogP contribution in [0.4, 0.5) is 17.1 Å². The molecule has 2 heteroatoms. The van der Waals surface area contributed by atoms with Gasteiger partial charge in [-0.25, -0.2) is 0 Å². The first kappa shape index (κ1) is 31.6. The maximum absolute atomic E-state index is 2.47. The molecule has 0 saturated carbocycles. The lowest BCUT2D eigenvalue weighted by atomic mass is 9.94. The fourth-order valence-corrected chi connectivity index (χ4v) is 7.96. The van der Waals surface area contributed by atoms with Crippen molar-refractivity contribution in [1.82, 2.24) is 4.57 Å². The van der Waals surface area contributed by atoms with Gasteiger partial charge in [0.25, 0.3) is 0 Å². The first-order chi connectivity index (χ1) is 26.8. The number of anilines is 3. The Labute approximate surface area is 315 Å². The Morgan fingerprint density at radius 1 is 0.315 bits per heavy atom. The van der Waals surface area contributed by atoms with Crippen LogP contribution in [0.5, 0.6) is 0 Å². The molecule has 54 heavy (non-hydrogen) atoms. The van der Waals surface area contributed by atoms with Gasteiger partial charge in [-0.3, -0.25) is 0 Å². The molecule has 0 saturated heterocycles. The van der Waals surface area contributed by atoms with Gasteiger partial charge in [0.05, 0.1) is 11.2 Å². The Morgan fingerprint density at radius 2 is 0.778 bits per heavy atom. The number of nitrogens with zero attached hydrogens (tertiary/aromatic N) is 2.